The zero-order chi connectivity index (χ0) is 28.0. The van der Waals surface area contributed by atoms with Crippen molar-refractivity contribution in [1.29, 1.82) is 0 Å². The lowest BCUT2D eigenvalue weighted by molar-refractivity contribution is -0.121. The molecule has 0 bridgehead atoms. The zero-order valence-corrected chi connectivity index (χ0v) is 23.4. The Morgan fingerprint density at radius 2 is 1.95 bits per heavy atom. The van der Waals surface area contributed by atoms with E-state index >= 15 is 0 Å². The van der Waals surface area contributed by atoms with Gasteiger partial charge in [-0.1, -0.05) is 23.9 Å². The molecule has 3 aromatic heterocycles. The predicted octanol–water partition coefficient (Wildman–Crippen LogP) is 2.01. The molecule has 5 N–H and O–H groups in total. The van der Waals surface area contributed by atoms with E-state index in [1.807, 2.05) is 6.92 Å². The van der Waals surface area contributed by atoms with Gasteiger partial charge in [0.1, 0.15) is 4.70 Å². The highest BCUT2D eigenvalue weighted by Crippen LogP contribution is 2.21. The van der Waals surface area contributed by atoms with Gasteiger partial charge in [0.15, 0.2) is 11.0 Å². The van der Waals surface area contributed by atoms with Crippen molar-refractivity contribution in [2.24, 2.45) is 5.14 Å². The topological polar surface area (TPSA) is 182 Å². The first-order valence-electron chi connectivity index (χ1n) is 11.9. The van der Waals surface area contributed by atoms with Gasteiger partial charge in [-0.25, -0.2) is 18.5 Å². The average molecular weight is 590 g/mol. The van der Waals surface area contributed by atoms with Crippen molar-refractivity contribution in [1.82, 2.24) is 25.1 Å². The summed E-state index contributed by atoms with van der Waals surface area (Å²) >= 11 is 2.45. The number of hydrogen-bond acceptors (Lipinski definition) is 9. The molecule has 12 nitrogen and oxygen atoms in total. The molecule has 4 rings (SSSR count). The molecule has 0 aliphatic carbocycles. The van der Waals surface area contributed by atoms with Crippen LogP contribution in [0.25, 0.3) is 10.2 Å². The molecule has 4 aromatic rings. The quantitative estimate of drug-likeness (QED) is 0.143. The third-order valence-electron chi connectivity index (χ3n) is 5.61. The summed E-state index contributed by atoms with van der Waals surface area (Å²) in [6, 6.07) is 9.64. The number of rotatable bonds is 12. The molecular weight excluding hydrogens is 563 g/mol. The fourth-order valence-corrected chi connectivity index (χ4v) is 5.82. The van der Waals surface area contributed by atoms with Crippen molar-refractivity contribution >= 4 is 61.0 Å². The van der Waals surface area contributed by atoms with Gasteiger partial charge >= 0.3 is 0 Å². The second kappa shape index (κ2) is 12.5. The third-order valence-corrected chi connectivity index (χ3v) is 8.41. The van der Waals surface area contributed by atoms with Crippen LogP contribution in [-0.4, -0.2) is 52.3 Å². The predicted molar refractivity (Wildman–Crippen MR) is 150 cm³/mol. The highest BCUT2D eigenvalue weighted by atomic mass is 32.2. The van der Waals surface area contributed by atoms with Crippen molar-refractivity contribution in [2.75, 3.05) is 17.6 Å². The Labute approximate surface area is 232 Å². The molecule has 206 valence electrons. The van der Waals surface area contributed by atoms with Gasteiger partial charge in [-0.15, -0.1) is 11.3 Å². The van der Waals surface area contributed by atoms with Crippen LogP contribution in [0.5, 0.6) is 0 Å². The number of sulfonamides is 1. The summed E-state index contributed by atoms with van der Waals surface area (Å²) in [4.78, 5) is 42.5. The number of aryl methyl sites for hydroxylation is 1. The second-order valence-corrected chi connectivity index (χ2v) is 12.1. The van der Waals surface area contributed by atoms with E-state index in [-0.39, 0.29) is 41.0 Å². The number of primary sulfonamides is 1. The van der Waals surface area contributed by atoms with E-state index in [0.29, 0.717) is 40.6 Å². The van der Waals surface area contributed by atoms with Crippen LogP contribution in [0.2, 0.25) is 0 Å². The maximum absolute atomic E-state index is 13.1. The van der Waals surface area contributed by atoms with E-state index in [1.165, 1.54) is 28.0 Å². The minimum absolute atomic E-state index is 0.0340. The summed E-state index contributed by atoms with van der Waals surface area (Å²) in [5.74, 6) is 0.00374. The molecule has 0 unspecified atom stereocenters. The summed E-state index contributed by atoms with van der Waals surface area (Å²) in [6.07, 6.45) is 1.12. The number of nitrogens with two attached hydrogens (primary N) is 1. The molecule has 0 saturated heterocycles. The van der Waals surface area contributed by atoms with Gasteiger partial charge in [-0.2, -0.15) is 5.10 Å². The van der Waals surface area contributed by atoms with Crippen LogP contribution in [-0.2, 0) is 32.6 Å². The number of thioether (sulfide) groups is 1. The van der Waals surface area contributed by atoms with Gasteiger partial charge < -0.3 is 10.6 Å². The molecule has 15 heteroatoms. The summed E-state index contributed by atoms with van der Waals surface area (Å²) in [5, 5.41) is 19.6. The van der Waals surface area contributed by atoms with Crippen LogP contribution in [0.15, 0.2) is 56.6 Å². The molecule has 0 radical (unpaired) electrons. The third kappa shape index (κ3) is 7.75. The number of nitrogens with zero attached hydrogens (tertiary/aromatic N) is 3. The first-order chi connectivity index (χ1) is 18.6. The Morgan fingerprint density at radius 1 is 1.18 bits per heavy atom. The van der Waals surface area contributed by atoms with Crippen molar-refractivity contribution in [2.45, 2.75) is 42.8 Å². The zero-order valence-electron chi connectivity index (χ0n) is 21.0. The van der Waals surface area contributed by atoms with Crippen molar-refractivity contribution in [3.05, 3.63) is 63.4 Å². The molecule has 0 atom stereocenters. The number of H-pyrrole nitrogens is 1. The Hall–Kier alpha value is -3.53. The first kappa shape index (κ1) is 28.5. The number of carbonyl (C=O) groups excluding carboxylic acids is 2. The van der Waals surface area contributed by atoms with E-state index in [9.17, 15) is 22.8 Å². The number of nitrogens with one attached hydrogen (secondary N) is 3. The highest BCUT2D eigenvalue weighted by molar-refractivity contribution is 7.99. The van der Waals surface area contributed by atoms with Crippen molar-refractivity contribution in [3.63, 3.8) is 0 Å². The molecular formula is C24H27N7O5S3. The van der Waals surface area contributed by atoms with E-state index < -0.39 is 10.0 Å². The van der Waals surface area contributed by atoms with Gasteiger partial charge in [-0.3, -0.25) is 24.0 Å². The number of carbonyl (C=O) groups is 2. The van der Waals surface area contributed by atoms with Gasteiger partial charge in [0.2, 0.25) is 21.8 Å². The van der Waals surface area contributed by atoms with Gasteiger partial charge in [0.05, 0.1) is 16.2 Å². The molecule has 2 amide bonds. The number of aromatic nitrogens is 4. The standard InChI is InChI=1S/C24H27N7O5S3/c1-15-13-19(30-29-15)28-21(33)14-38-24-27-18-9-12-37-22(18)23(34)31(24)11-2-3-20(32)26-10-8-16-4-6-17(7-5-16)39(25,35)36/h4-7,9,12-13H,2-3,8,10-11,14H2,1H3,(H,26,32)(H2,25,35,36)(H2,28,29,30,33). The number of hydrogen-bond donors (Lipinski definition) is 4. The van der Waals surface area contributed by atoms with Crippen LogP contribution in [0.3, 0.4) is 0 Å². The molecule has 0 aliphatic heterocycles. The lowest BCUT2D eigenvalue weighted by Gasteiger charge is -2.12. The Morgan fingerprint density at radius 3 is 2.64 bits per heavy atom. The van der Waals surface area contributed by atoms with Crippen LogP contribution >= 0.6 is 23.1 Å². The number of thiophene rings is 1. The molecule has 1 aromatic carbocycles. The number of anilines is 1. The maximum atomic E-state index is 13.1. The van der Waals surface area contributed by atoms with Crippen LogP contribution < -0.4 is 21.3 Å². The average Bonchev–Trinajstić information content (AvgIpc) is 3.52. The monoisotopic (exact) mass is 589 g/mol. The molecule has 0 spiro atoms. The lowest BCUT2D eigenvalue weighted by Crippen LogP contribution is -2.27. The van der Waals surface area contributed by atoms with E-state index in [2.05, 4.69) is 25.8 Å². The molecule has 0 saturated carbocycles. The summed E-state index contributed by atoms with van der Waals surface area (Å²) in [7, 11) is -3.74. The molecule has 0 aliphatic rings. The molecule has 39 heavy (non-hydrogen) atoms. The van der Waals surface area contributed by atoms with Gasteiger partial charge in [0, 0.05) is 31.3 Å². The molecule has 0 fully saturated rings. The first-order valence-corrected chi connectivity index (χ1v) is 15.3. The number of aromatic amines is 1. The van der Waals surface area contributed by atoms with Crippen LogP contribution in [0, 0.1) is 6.92 Å². The normalized spacial score (nSPS) is 11.5. The van der Waals surface area contributed by atoms with Gasteiger partial charge in [-0.05, 0) is 48.9 Å². The Balaban J connectivity index is 1.30. The SMILES string of the molecule is Cc1cc(NC(=O)CSc2nc3ccsc3c(=O)n2CCCC(=O)NCCc2ccc(S(N)(=O)=O)cc2)n[nH]1. The lowest BCUT2D eigenvalue weighted by atomic mass is 10.1. The number of amides is 2. The van der Waals surface area contributed by atoms with E-state index in [0.717, 1.165) is 23.0 Å². The fourth-order valence-electron chi connectivity index (χ4n) is 3.70. The fraction of sp³-hybridized carbons (Fsp3) is 0.292. The second-order valence-electron chi connectivity index (χ2n) is 8.65. The number of benzene rings is 1. The Bertz CT molecular complexity index is 1640. The van der Waals surface area contributed by atoms with Crippen molar-refractivity contribution in [3.8, 4) is 0 Å². The minimum atomic E-state index is -3.74. The summed E-state index contributed by atoms with van der Waals surface area (Å²) in [6.45, 7) is 2.47. The minimum Gasteiger partial charge on any atom is -0.356 e. The summed E-state index contributed by atoms with van der Waals surface area (Å²) < 4.78 is 24.7. The largest absolute Gasteiger partial charge is 0.356 e. The number of fused-ring (bicyclic) bond motifs is 1. The highest BCUT2D eigenvalue weighted by Gasteiger charge is 2.15. The van der Waals surface area contributed by atoms with E-state index in [1.54, 1.807) is 29.6 Å². The van der Waals surface area contributed by atoms with E-state index in [4.69, 9.17) is 5.14 Å². The van der Waals surface area contributed by atoms with Gasteiger partial charge in [0.25, 0.3) is 5.56 Å². The van der Waals surface area contributed by atoms with Crippen LogP contribution in [0.4, 0.5) is 5.82 Å². The maximum Gasteiger partial charge on any atom is 0.272 e. The Kier molecular flexibility index (Phi) is 9.16. The van der Waals surface area contributed by atoms with Crippen LogP contribution in [0.1, 0.15) is 24.1 Å². The molecule has 3 heterocycles. The smallest absolute Gasteiger partial charge is 0.272 e. The van der Waals surface area contributed by atoms with Crippen molar-refractivity contribution < 1.29 is 18.0 Å². The summed E-state index contributed by atoms with van der Waals surface area (Å²) in [5.41, 5.74) is 2.04.